The molecule has 1 heterocycles. The van der Waals surface area contributed by atoms with Crippen LogP contribution in [0.2, 0.25) is 0 Å². The van der Waals surface area contributed by atoms with E-state index in [9.17, 15) is 0 Å². The molecule has 2 N–H and O–H groups in total. The second kappa shape index (κ2) is 4.09. The quantitative estimate of drug-likeness (QED) is 0.619. The smallest absolute Gasteiger partial charge is 0.145 e. The van der Waals surface area contributed by atoms with Crippen LogP contribution in [0, 0.1) is 0 Å². The van der Waals surface area contributed by atoms with Crippen molar-refractivity contribution in [1.29, 1.82) is 0 Å². The van der Waals surface area contributed by atoms with Gasteiger partial charge in [0.15, 0.2) is 0 Å². The first-order valence-corrected chi connectivity index (χ1v) is 5.15. The predicted molar refractivity (Wildman–Crippen MR) is 62.4 cm³/mol. The molecule has 1 aromatic rings. The lowest BCUT2D eigenvalue weighted by molar-refractivity contribution is 0.583. The van der Waals surface area contributed by atoms with E-state index in [-0.39, 0.29) is 5.54 Å². The Bertz CT molecular complexity index is 335. The summed E-state index contributed by atoms with van der Waals surface area (Å²) in [4.78, 5) is 8.49. The molecule has 0 unspecified atom stereocenters. The summed E-state index contributed by atoms with van der Waals surface area (Å²) in [6.45, 7) is 6.00. The van der Waals surface area contributed by atoms with Crippen LogP contribution in [-0.2, 0) is 0 Å². The van der Waals surface area contributed by atoms with Crippen LogP contribution in [0.4, 0.5) is 0 Å². The summed E-state index contributed by atoms with van der Waals surface area (Å²) in [6.07, 6.45) is 1.71. The first-order chi connectivity index (χ1) is 6.38. The van der Waals surface area contributed by atoms with Gasteiger partial charge < -0.3 is 5.73 Å². The first kappa shape index (κ1) is 11.2. The monoisotopic (exact) mass is 255 g/mol. The maximum absolute atomic E-state index is 5.80. The normalized spacial score (nSPS) is 13.0. The second-order valence-electron chi connectivity index (χ2n) is 4.03. The molecule has 4 heteroatoms. The van der Waals surface area contributed by atoms with Crippen molar-refractivity contribution >= 4 is 21.8 Å². The maximum atomic E-state index is 5.80. The van der Waals surface area contributed by atoms with E-state index in [1.54, 1.807) is 6.20 Å². The second-order valence-corrected chi connectivity index (χ2v) is 4.95. The highest BCUT2D eigenvalue weighted by atomic mass is 79.9. The third-order valence-corrected chi connectivity index (χ3v) is 1.91. The molecule has 1 aromatic heterocycles. The van der Waals surface area contributed by atoms with E-state index < -0.39 is 0 Å². The molecule has 0 aromatic carbocycles. The predicted octanol–water partition coefficient (Wildman–Crippen LogP) is 2.35. The van der Waals surface area contributed by atoms with Crippen molar-refractivity contribution in [2.24, 2.45) is 10.7 Å². The molecule has 0 atom stereocenters. The van der Waals surface area contributed by atoms with E-state index in [2.05, 4.69) is 25.9 Å². The Kier molecular flexibility index (Phi) is 3.26. The fourth-order valence-corrected chi connectivity index (χ4v) is 1.18. The molecule has 76 valence electrons. The molecule has 0 aliphatic rings. The van der Waals surface area contributed by atoms with E-state index in [1.807, 2.05) is 32.9 Å². The van der Waals surface area contributed by atoms with Gasteiger partial charge >= 0.3 is 0 Å². The zero-order valence-corrected chi connectivity index (χ0v) is 10.2. The molecule has 1 rings (SSSR count). The number of aromatic nitrogens is 1. The Labute approximate surface area is 92.6 Å². The zero-order valence-electron chi connectivity index (χ0n) is 8.58. The topological polar surface area (TPSA) is 51.3 Å². The number of aliphatic imine (C=N–C) groups is 1. The molecule has 0 aliphatic carbocycles. The third kappa shape index (κ3) is 3.46. The van der Waals surface area contributed by atoms with Gasteiger partial charge in [0.2, 0.25) is 0 Å². The number of nitrogens with zero attached hydrogens (tertiary/aromatic N) is 2. The standard InChI is InChI=1S/C10H14BrN3/c1-10(2,3)14-9(12)8-5-4-7(11)6-13-8/h4-6H,1-3H3,(H2,12,14). The van der Waals surface area contributed by atoms with Gasteiger partial charge in [-0.15, -0.1) is 0 Å². The molecule has 0 radical (unpaired) electrons. The summed E-state index contributed by atoms with van der Waals surface area (Å²) >= 11 is 3.31. The highest BCUT2D eigenvalue weighted by Gasteiger charge is 2.09. The van der Waals surface area contributed by atoms with Crippen molar-refractivity contribution in [2.45, 2.75) is 26.3 Å². The molecule has 0 bridgehead atoms. The van der Waals surface area contributed by atoms with Crippen LogP contribution in [-0.4, -0.2) is 16.4 Å². The molecule has 0 aliphatic heterocycles. The summed E-state index contributed by atoms with van der Waals surface area (Å²) in [7, 11) is 0. The third-order valence-electron chi connectivity index (χ3n) is 1.45. The van der Waals surface area contributed by atoms with Gasteiger partial charge in [-0.3, -0.25) is 9.98 Å². The molecule has 0 saturated heterocycles. The van der Waals surface area contributed by atoms with Crippen LogP contribution >= 0.6 is 15.9 Å². The zero-order chi connectivity index (χ0) is 10.8. The summed E-state index contributed by atoms with van der Waals surface area (Å²) in [5, 5.41) is 0. The van der Waals surface area contributed by atoms with Gasteiger partial charge in [0.1, 0.15) is 11.5 Å². The molecule has 3 nitrogen and oxygen atoms in total. The molecule has 0 saturated carbocycles. The van der Waals surface area contributed by atoms with Crippen LogP contribution in [0.1, 0.15) is 26.5 Å². The van der Waals surface area contributed by atoms with Crippen LogP contribution in [0.25, 0.3) is 0 Å². The van der Waals surface area contributed by atoms with Gasteiger partial charge in [0, 0.05) is 10.7 Å². The molecular formula is C10H14BrN3. The fourth-order valence-electron chi connectivity index (χ4n) is 0.946. The average Bonchev–Trinajstić information content (AvgIpc) is 2.02. The Balaban J connectivity index is 2.95. The minimum Gasteiger partial charge on any atom is -0.382 e. The first-order valence-electron chi connectivity index (χ1n) is 4.36. The number of rotatable bonds is 1. The van der Waals surface area contributed by atoms with Crippen molar-refractivity contribution in [3.8, 4) is 0 Å². The summed E-state index contributed by atoms with van der Waals surface area (Å²) in [6, 6.07) is 3.74. The van der Waals surface area contributed by atoms with Crippen LogP contribution < -0.4 is 5.73 Å². The Hall–Kier alpha value is -0.900. The largest absolute Gasteiger partial charge is 0.382 e. The van der Waals surface area contributed by atoms with Gasteiger partial charge in [-0.25, -0.2) is 0 Å². The number of nitrogens with two attached hydrogens (primary N) is 1. The lowest BCUT2D eigenvalue weighted by Crippen LogP contribution is -2.22. The Morgan fingerprint density at radius 2 is 2.07 bits per heavy atom. The van der Waals surface area contributed by atoms with E-state index in [4.69, 9.17) is 5.73 Å². The van der Waals surface area contributed by atoms with Gasteiger partial charge in [-0.05, 0) is 48.8 Å². The summed E-state index contributed by atoms with van der Waals surface area (Å²) in [5.74, 6) is 0.477. The van der Waals surface area contributed by atoms with Crippen molar-refractivity contribution in [3.05, 3.63) is 28.5 Å². The van der Waals surface area contributed by atoms with Crippen molar-refractivity contribution in [2.75, 3.05) is 0 Å². The van der Waals surface area contributed by atoms with Gasteiger partial charge in [0.05, 0.1) is 5.54 Å². The Morgan fingerprint density at radius 1 is 1.43 bits per heavy atom. The van der Waals surface area contributed by atoms with Crippen LogP contribution in [0.3, 0.4) is 0 Å². The summed E-state index contributed by atoms with van der Waals surface area (Å²) in [5.41, 5.74) is 6.35. The molecule has 0 fully saturated rings. The number of hydrogen-bond donors (Lipinski definition) is 1. The van der Waals surface area contributed by atoms with E-state index >= 15 is 0 Å². The SMILES string of the molecule is CC(C)(C)N=C(N)c1ccc(Br)cn1. The minimum atomic E-state index is -0.168. The fraction of sp³-hybridized carbons (Fsp3) is 0.400. The van der Waals surface area contributed by atoms with Gasteiger partial charge in [-0.1, -0.05) is 0 Å². The lowest BCUT2D eigenvalue weighted by atomic mass is 10.1. The van der Waals surface area contributed by atoms with Crippen molar-refractivity contribution in [1.82, 2.24) is 4.98 Å². The maximum Gasteiger partial charge on any atom is 0.145 e. The van der Waals surface area contributed by atoms with Crippen molar-refractivity contribution < 1.29 is 0 Å². The highest BCUT2D eigenvalue weighted by Crippen LogP contribution is 2.10. The van der Waals surface area contributed by atoms with Gasteiger partial charge in [0.25, 0.3) is 0 Å². The van der Waals surface area contributed by atoms with Gasteiger partial charge in [-0.2, -0.15) is 0 Å². The van der Waals surface area contributed by atoms with Crippen LogP contribution in [0.5, 0.6) is 0 Å². The number of hydrogen-bond acceptors (Lipinski definition) is 2. The lowest BCUT2D eigenvalue weighted by Gasteiger charge is -2.13. The number of halogens is 1. The molecule has 0 spiro atoms. The molecular weight excluding hydrogens is 242 g/mol. The van der Waals surface area contributed by atoms with Crippen molar-refractivity contribution in [3.63, 3.8) is 0 Å². The highest BCUT2D eigenvalue weighted by molar-refractivity contribution is 9.10. The minimum absolute atomic E-state index is 0.168. The van der Waals surface area contributed by atoms with Crippen LogP contribution in [0.15, 0.2) is 27.8 Å². The molecule has 14 heavy (non-hydrogen) atoms. The van der Waals surface area contributed by atoms with E-state index in [0.717, 1.165) is 4.47 Å². The van der Waals surface area contributed by atoms with E-state index in [1.165, 1.54) is 0 Å². The molecule has 0 amide bonds. The number of pyridine rings is 1. The average molecular weight is 256 g/mol. The summed E-state index contributed by atoms with van der Waals surface area (Å²) < 4.78 is 0.935. The Morgan fingerprint density at radius 3 is 2.50 bits per heavy atom. The van der Waals surface area contributed by atoms with E-state index in [0.29, 0.717) is 11.5 Å². The number of amidine groups is 1.